The summed E-state index contributed by atoms with van der Waals surface area (Å²) in [7, 11) is -2.63. The minimum absolute atomic E-state index is 0.543. The summed E-state index contributed by atoms with van der Waals surface area (Å²) < 4.78 is 0. The van der Waals surface area contributed by atoms with Crippen LogP contribution in [-0.4, -0.2) is 47.8 Å². The van der Waals surface area contributed by atoms with Gasteiger partial charge in [0, 0.05) is 8.24 Å². The van der Waals surface area contributed by atoms with Crippen LogP contribution < -0.4 is 15.6 Å². The third-order valence-corrected chi connectivity index (χ3v) is 7.22. The molecule has 3 aromatic rings. The van der Waals surface area contributed by atoms with E-state index >= 15 is 0 Å². The average molecular weight is 602 g/mol. The van der Waals surface area contributed by atoms with Gasteiger partial charge in [0.15, 0.2) is 0 Å². The van der Waals surface area contributed by atoms with Gasteiger partial charge >= 0.3 is 69.2 Å². The summed E-state index contributed by atoms with van der Waals surface area (Å²) in [5, 5.41) is 12.7. The van der Waals surface area contributed by atoms with Crippen molar-refractivity contribution in [2.24, 2.45) is 0 Å². The average Bonchev–Trinajstić information content (AvgIpc) is 2.68. The van der Waals surface area contributed by atoms with Crippen molar-refractivity contribution < 1.29 is 0 Å². The van der Waals surface area contributed by atoms with Crippen LogP contribution in [0.2, 0.25) is 29.6 Å². The Balaban J connectivity index is 0.000000420. The summed E-state index contributed by atoms with van der Waals surface area (Å²) in [5.74, 6) is 0. The summed E-state index contributed by atoms with van der Waals surface area (Å²) in [5.41, 5.74) is 0. The van der Waals surface area contributed by atoms with Gasteiger partial charge in [0.1, 0.15) is 0 Å². The Morgan fingerprint density at radius 1 is 0.571 bits per heavy atom. The maximum atomic E-state index is 9.28. The third kappa shape index (κ3) is 8.85. The van der Waals surface area contributed by atoms with Crippen LogP contribution in [0.5, 0.6) is 0 Å². The van der Waals surface area contributed by atoms with Crippen molar-refractivity contribution in [3.63, 3.8) is 0 Å². The van der Waals surface area contributed by atoms with Crippen LogP contribution in [0, 0.1) is 0 Å². The molecule has 0 unspecified atom stereocenters. The molecule has 0 heterocycles. The standard InChI is InChI=1S/C18H16NSi.6CH3.2Sn/c19-20(16-10-4-1-5-11-16,17-12-6-2-7-13-17)18-14-8-3-9-15-18;;;;;;;;/h1-15,19H;6*1H3;;/q-1;;;;;;;;+1. The van der Waals surface area contributed by atoms with Gasteiger partial charge in [0.25, 0.3) is 0 Å². The molecule has 0 spiro atoms. The van der Waals surface area contributed by atoms with Gasteiger partial charge in [-0.3, -0.25) is 0 Å². The van der Waals surface area contributed by atoms with Crippen molar-refractivity contribution in [2.45, 2.75) is 29.6 Å². The molecule has 1 nitrogen and oxygen atoms in total. The minimum atomic E-state index is -2.63. The Hall–Kier alpha value is -0.566. The van der Waals surface area contributed by atoms with Crippen molar-refractivity contribution >= 4 is 63.3 Å². The van der Waals surface area contributed by atoms with Crippen molar-refractivity contribution in [1.29, 1.82) is 0 Å². The molecule has 0 aliphatic heterocycles. The second-order valence-electron chi connectivity index (χ2n) is 7.85. The normalized spacial score (nSPS) is 10.3. The second kappa shape index (κ2) is 13.6. The Labute approximate surface area is 188 Å². The van der Waals surface area contributed by atoms with E-state index in [1.165, 1.54) is 0 Å². The fraction of sp³-hybridized carbons (Fsp3) is 0.250. The molecule has 28 heavy (non-hydrogen) atoms. The molecule has 3 aromatic carbocycles. The predicted octanol–water partition coefficient (Wildman–Crippen LogP) is 5.45. The molecule has 0 fully saturated rings. The Morgan fingerprint density at radius 2 is 0.750 bits per heavy atom. The summed E-state index contributed by atoms with van der Waals surface area (Å²) in [6.45, 7) is 0. The molecule has 3 rings (SSSR count). The summed E-state index contributed by atoms with van der Waals surface area (Å²) >= 11 is -1.09. The monoisotopic (exact) mass is 604 g/mol. The van der Waals surface area contributed by atoms with Crippen LogP contribution in [0.15, 0.2) is 91.0 Å². The van der Waals surface area contributed by atoms with Crippen molar-refractivity contribution in [3.8, 4) is 0 Å². The van der Waals surface area contributed by atoms with Crippen LogP contribution in [-0.2, 0) is 0 Å². The number of rotatable bonds is 3. The topological polar surface area (TPSA) is 23.8 Å². The van der Waals surface area contributed by atoms with Gasteiger partial charge < -0.3 is 5.40 Å². The van der Waals surface area contributed by atoms with Crippen LogP contribution in [0.25, 0.3) is 5.40 Å². The van der Waals surface area contributed by atoms with Crippen LogP contribution >= 0.6 is 0 Å². The smallest absolute Gasteiger partial charge is 0.0432 e. The van der Waals surface area contributed by atoms with Gasteiger partial charge in [-0.25, -0.2) is 0 Å². The molecular formula is C24H34NSiSn2. The van der Waals surface area contributed by atoms with Gasteiger partial charge in [-0.15, -0.1) is 0 Å². The molecule has 0 aliphatic carbocycles. The number of hydrogen-bond acceptors (Lipinski definition) is 0. The van der Waals surface area contributed by atoms with E-state index in [0.29, 0.717) is 0 Å². The van der Waals surface area contributed by atoms with E-state index in [0.717, 1.165) is 15.6 Å². The van der Waals surface area contributed by atoms with Gasteiger partial charge in [-0.05, 0) is 0 Å². The SMILES string of the molecule is [CH3][Sn+]([CH3])[CH3].[CH3][Sn]([CH3])[CH3].[NH-][Si](c1ccccc1)(c1ccccc1)c1ccccc1. The zero-order valence-corrected chi connectivity index (χ0v) is 24.9. The number of benzene rings is 3. The van der Waals surface area contributed by atoms with Gasteiger partial charge in [0.05, 0.1) is 0 Å². The molecule has 1 N–H and O–H groups in total. The summed E-state index contributed by atoms with van der Waals surface area (Å²) in [6, 6.07) is 30.7. The van der Waals surface area contributed by atoms with Crippen molar-refractivity contribution in [2.75, 3.05) is 0 Å². The Morgan fingerprint density at radius 3 is 0.929 bits per heavy atom. The molecule has 0 aromatic heterocycles. The van der Waals surface area contributed by atoms with Gasteiger partial charge in [0.2, 0.25) is 0 Å². The van der Waals surface area contributed by atoms with Gasteiger partial charge in [-0.1, -0.05) is 107 Å². The number of nitrogens with one attached hydrogen (secondary N) is 1. The summed E-state index contributed by atoms with van der Waals surface area (Å²) in [6.07, 6.45) is 0. The van der Waals surface area contributed by atoms with Crippen LogP contribution in [0.4, 0.5) is 0 Å². The molecule has 0 aliphatic rings. The third-order valence-electron chi connectivity index (χ3n) is 3.62. The van der Waals surface area contributed by atoms with Crippen LogP contribution in [0.3, 0.4) is 0 Å². The molecule has 0 amide bonds. The molecule has 4 heteroatoms. The summed E-state index contributed by atoms with van der Waals surface area (Å²) in [4.78, 5) is 14.2. The largest absolute Gasteiger partial charge is 0.668 e. The second-order valence-corrected chi connectivity index (χ2v) is 28.2. The fourth-order valence-electron chi connectivity index (χ4n) is 2.56. The molecule has 147 valence electrons. The van der Waals surface area contributed by atoms with Crippen LogP contribution in [0.1, 0.15) is 0 Å². The maximum absolute atomic E-state index is 9.28. The van der Waals surface area contributed by atoms with Crippen molar-refractivity contribution in [1.82, 2.24) is 0 Å². The molecule has 0 saturated heterocycles. The first kappa shape index (κ1) is 25.5. The first-order valence-electron chi connectivity index (χ1n) is 9.73. The zero-order chi connectivity index (χ0) is 21.0. The predicted molar refractivity (Wildman–Crippen MR) is 135 cm³/mol. The minimum Gasteiger partial charge on any atom is -0.668 e. The molecule has 0 atom stereocenters. The Kier molecular flexibility index (Phi) is 12.4. The molecule has 0 saturated carbocycles. The van der Waals surface area contributed by atoms with E-state index in [1.54, 1.807) is 0 Å². The first-order valence-corrected chi connectivity index (χ1v) is 28.9. The van der Waals surface area contributed by atoms with E-state index in [-0.39, 0.29) is 0 Å². The number of hydrogen-bond donors (Lipinski definition) is 0. The Bertz CT molecular complexity index is 654. The molecule has 0 bridgehead atoms. The fourth-order valence-corrected chi connectivity index (χ4v) is 5.64. The van der Waals surface area contributed by atoms with E-state index in [2.05, 4.69) is 66.0 Å². The van der Waals surface area contributed by atoms with E-state index in [4.69, 9.17) is 0 Å². The first-order chi connectivity index (χ1) is 13.3. The zero-order valence-electron chi connectivity index (χ0n) is 18.2. The molecule has 1 radical (unpaired) electrons. The van der Waals surface area contributed by atoms with Crippen molar-refractivity contribution in [3.05, 3.63) is 96.4 Å². The van der Waals surface area contributed by atoms with E-state index in [1.807, 2.05) is 54.6 Å². The van der Waals surface area contributed by atoms with E-state index in [9.17, 15) is 5.40 Å². The maximum Gasteiger partial charge on any atom is 0.0432 e. The quantitative estimate of drug-likeness (QED) is 0.282. The van der Waals surface area contributed by atoms with E-state index < -0.39 is 47.8 Å². The van der Waals surface area contributed by atoms with Gasteiger partial charge in [-0.2, -0.15) is 0 Å². The molecular weight excluding hydrogens is 568 g/mol.